The number of nitrogens with zero attached hydrogens (tertiary/aromatic N) is 3. The third-order valence-electron chi connectivity index (χ3n) is 4.10. The van der Waals surface area contributed by atoms with Crippen LogP contribution in [0.2, 0.25) is 5.02 Å². The SMILES string of the molecule is CN=C1SC(=Cc2cc(C)n(-c3ccc(Cl)cc3F)c2C)C(=O)N1C. The molecule has 25 heavy (non-hydrogen) atoms. The molecule has 1 aliphatic rings. The van der Waals surface area contributed by atoms with Crippen LogP contribution in [0.4, 0.5) is 4.39 Å². The number of aromatic nitrogens is 1. The number of halogens is 2. The van der Waals surface area contributed by atoms with Crippen LogP contribution in [0.1, 0.15) is 17.0 Å². The molecule has 0 saturated carbocycles. The Balaban J connectivity index is 2.07. The van der Waals surface area contributed by atoms with Gasteiger partial charge in [0.2, 0.25) is 0 Å². The molecule has 2 aromatic rings. The van der Waals surface area contributed by atoms with Crippen LogP contribution < -0.4 is 0 Å². The van der Waals surface area contributed by atoms with Gasteiger partial charge in [-0.25, -0.2) is 4.39 Å². The lowest BCUT2D eigenvalue weighted by atomic mass is 10.2. The molecule has 130 valence electrons. The van der Waals surface area contributed by atoms with Crippen molar-refractivity contribution >= 4 is 40.5 Å². The van der Waals surface area contributed by atoms with Gasteiger partial charge in [-0.15, -0.1) is 0 Å². The summed E-state index contributed by atoms with van der Waals surface area (Å²) in [5.74, 6) is -0.479. The number of amides is 1. The summed E-state index contributed by atoms with van der Waals surface area (Å²) in [4.78, 5) is 18.5. The quantitative estimate of drug-likeness (QED) is 0.726. The number of rotatable bonds is 2. The highest BCUT2D eigenvalue weighted by molar-refractivity contribution is 8.18. The number of carbonyl (C=O) groups excluding carboxylic acids is 1. The van der Waals surface area contributed by atoms with Crippen molar-refractivity contribution in [3.05, 3.63) is 57.0 Å². The molecule has 7 heteroatoms. The minimum Gasteiger partial charge on any atom is -0.315 e. The number of thioether (sulfide) groups is 1. The molecule has 1 amide bonds. The summed E-state index contributed by atoms with van der Waals surface area (Å²) in [6, 6.07) is 6.54. The van der Waals surface area contributed by atoms with Gasteiger partial charge in [0.1, 0.15) is 5.82 Å². The second-order valence-corrected chi connectivity index (χ2v) is 7.18. The first-order chi connectivity index (χ1) is 11.8. The number of hydrogen-bond acceptors (Lipinski definition) is 3. The molecular weight excluding hydrogens is 361 g/mol. The normalized spacial score (nSPS) is 18.0. The predicted molar refractivity (Wildman–Crippen MR) is 102 cm³/mol. The number of aryl methyl sites for hydroxylation is 1. The molecule has 0 atom stereocenters. The molecule has 1 saturated heterocycles. The molecule has 0 bridgehead atoms. The van der Waals surface area contributed by atoms with Crippen molar-refractivity contribution in [1.29, 1.82) is 0 Å². The van der Waals surface area contributed by atoms with Gasteiger partial charge in [-0.2, -0.15) is 0 Å². The molecule has 1 aromatic carbocycles. The van der Waals surface area contributed by atoms with E-state index in [1.54, 1.807) is 26.2 Å². The Kier molecular flexibility index (Phi) is 4.75. The van der Waals surface area contributed by atoms with Crippen LogP contribution in [0.15, 0.2) is 34.2 Å². The van der Waals surface area contributed by atoms with Crippen LogP contribution >= 0.6 is 23.4 Å². The van der Waals surface area contributed by atoms with Crippen molar-refractivity contribution in [2.24, 2.45) is 4.99 Å². The van der Waals surface area contributed by atoms with Crippen LogP contribution in [0.5, 0.6) is 0 Å². The lowest BCUT2D eigenvalue weighted by Gasteiger charge is -2.11. The molecule has 2 heterocycles. The Morgan fingerprint density at radius 2 is 2.00 bits per heavy atom. The van der Waals surface area contributed by atoms with Gasteiger partial charge >= 0.3 is 0 Å². The van der Waals surface area contributed by atoms with Crippen molar-refractivity contribution in [3.63, 3.8) is 0 Å². The van der Waals surface area contributed by atoms with E-state index < -0.39 is 0 Å². The van der Waals surface area contributed by atoms with E-state index in [0.29, 0.717) is 20.8 Å². The van der Waals surface area contributed by atoms with E-state index in [-0.39, 0.29) is 11.7 Å². The smallest absolute Gasteiger partial charge is 0.266 e. The maximum Gasteiger partial charge on any atom is 0.266 e. The summed E-state index contributed by atoms with van der Waals surface area (Å²) in [6.07, 6.45) is 1.83. The standard InChI is InChI=1S/C18H17ClFN3OS/c1-10-7-12(8-16-17(24)22(4)18(21-3)25-16)11(2)23(10)15-6-5-13(19)9-14(15)20/h5-9H,1-4H3. The molecule has 3 rings (SSSR count). The molecule has 1 fully saturated rings. The summed E-state index contributed by atoms with van der Waals surface area (Å²) in [5.41, 5.74) is 3.03. The van der Waals surface area contributed by atoms with Crippen molar-refractivity contribution in [2.75, 3.05) is 14.1 Å². The average Bonchev–Trinajstić information content (AvgIpc) is 2.99. The molecular formula is C18H17ClFN3OS. The molecule has 0 radical (unpaired) electrons. The van der Waals surface area contributed by atoms with E-state index in [4.69, 9.17) is 11.6 Å². The van der Waals surface area contributed by atoms with Crippen molar-refractivity contribution < 1.29 is 9.18 Å². The monoisotopic (exact) mass is 377 g/mol. The van der Waals surface area contributed by atoms with Gasteiger partial charge in [-0.3, -0.25) is 14.7 Å². The maximum atomic E-state index is 14.3. The van der Waals surface area contributed by atoms with Crippen LogP contribution in [0.25, 0.3) is 11.8 Å². The van der Waals surface area contributed by atoms with Gasteiger partial charge in [-0.1, -0.05) is 11.6 Å². The molecule has 0 aliphatic carbocycles. The van der Waals surface area contributed by atoms with E-state index in [1.807, 2.05) is 30.6 Å². The second-order valence-electron chi connectivity index (χ2n) is 5.74. The molecule has 0 spiro atoms. The first kappa shape index (κ1) is 17.8. The van der Waals surface area contributed by atoms with Gasteiger partial charge in [0.15, 0.2) is 5.17 Å². The Morgan fingerprint density at radius 1 is 1.28 bits per heavy atom. The highest BCUT2D eigenvalue weighted by Crippen LogP contribution is 2.33. The molecule has 0 N–H and O–H groups in total. The minimum atomic E-state index is -0.389. The number of benzene rings is 1. The van der Waals surface area contributed by atoms with Gasteiger partial charge in [-0.05, 0) is 61.5 Å². The highest BCUT2D eigenvalue weighted by atomic mass is 35.5. The van der Waals surface area contributed by atoms with E-state index in [0.717, 1.165) is 17.0 Å². The van der Waals surface area contributed by atoms with Crippen LogP contribution in [0, 0.1) is 19.7 Å². The fourth-order valence-electron chi connectivity index (χ4n) is 2.86. The van der Waals surface area contributed by atoms with E-state index >= 15 is 0 Å². The lowest BCUT2D eigenvalue weighted by Crippen LogP contribution is -2.23. The zero-order valence-electron chi connectivity index (χ0n) is 14.3. The Labute approximate surface area is 155 Å². The zero-order chi connectivity index (χ0) is 18.3. The van der Waals surface area contributed by atoms with E-state index in [1.165, 1.54) is 22.7 Å². The van der Waals surface area contributed by atoms with Crippen molar-refractivity contribution in [2.45, 2.75) is 13.8 Å². The summed E-state index contributed by atoms with van der Waals surface area (Å²) >= 11 is 7.18. The number of likely N-dealkylation sites (N-methyl/N-ethyl adjacent to an activating group) is 1. The van der Waals surface area contributed by atoms with Gasteiger partial charge in [0.05, 0.1) is 10.6 Å². The molecule has 1 aromatic heterocycles. The fraction of sp³-hybridized carbons (Fsp3) is 0.222. The summed E-state index contributed by atoms with van der Waals surface area (Å²) in [5, 5.41) is 1.02. The first-order valence-electron chi connectivity index (χ1n) is 7.62. The Hall–Kier alpha value is -2.05. The maximum absolute atomic E-state index is 14.3. The van der Waals surface area contributed by atoms with Crippen molar-refractivity contribution in [3.8, 4) is 5.69 Å². The predicted octanol–water partition coefficient (Wildman–Crippen LogP) is 4.42. The fourth-order valence-corrected chi connectivity index (χ4v) is 3.93. The number of carbonyl (C=O) groups is 1. The van der Waals surface area contributed by atoms with Crippen molar-refractivity contribution in [1.82, 2.24) is 9.47 Å². The average molecular weight is 378 g/mol. The lowest BCUT2D eigenvalue weighted by molar-refractivity contribution is -0.121. The minimum absolute atomic E-state index is 0.0897. The Morgan fingerprint density at radius 3 is 2.60 bits per heavy atom. The summed E-state index contributed by atoms with van der Waals surface area (Å²) in [7, 11) is 3.36. The number of hydrogen-bond donors (Lipinski definition) is 0. The third kappa shape index (κ3) is 3.12. The van der Waals surface area contributed by atoms with Gasteiger partial charge < -0.3 is 4.57 Å². The summed E-state index contributed by atoms with van der Waals surface area (Å²) < 4.78 is 16.1. The van der Waals surface area contributed by atoms with Crippen LogP contribution in [-0.4, -0.2) is 34.6 Å². The van der Waals surface area contributed by atoms with E-state index in [2.05, 4.69) is 4.99 Å². The number of aliphatic imine (C=N–C) groups is 1. The third-order valence-corrected chi connectivity index (χ3v) is 5.49. The van der Waals surface area contributed by atoms with Crippen LogP contribution in [0.3, 0.4) is 0 Å². The molecule has 0 unspecified atom stereocenters. The van der Waals surface area contributed by atoms with Gasteiger partial charge in [0.25, 0.3) is 5.91 Å². The highest BCUT2D eigenvalue weighted by Gasteiger charge is 2.30. The summed E-state index contributed by atoms with van der Waals surface area (Å²) in [6.45, 7) is 3.80. The van der Waals surface area contributed by atoms with E-state index in [9.17, 15) is 9.18 Å². The first-order valence-corrected chi connectivity index (χ1v) is 8.81. The van der Waals surface area contributed by atoms with Crippen LogP contribution in [-0.2, 0) is 4.79 Å². The second kappa shape index (κ2) is 6.69. The number of amidine groups is 1. The molecule has 4 nitrogen and oxygen atoms in total. The Bertz CT molecular complexity index is 933. The van der Waals surface area contributed by atoms with Gasteiger partial charge in [0, 0.05) is 30.5 Å². The molecule has 1 aliphatic heterocycles. The largest absolute Gasteiger partial charge is 0.315 e. The zero-order valence-corrected chi connectivity index (χ0v) is 15.9. The topological polar surface area (TPSA) is 37.6 Å².